The van der Waals surface area contributed by atoms with Crippen molar-refractivity contribution >= 4 is 33.8 Å². The summed E-state index contributed by atoms with van der Waals surface area (Å²) in [5.41, 5.74) is 3.85. The monoisotopic (exact) mass is 216 g/mol. The minimum absolute atomic E-state index is 0.956. The molecule has 1 aliphatic rings. The van der Waals surface area contributed by atoms with Gasteiger partial charge in [-0.2, -0.15) is 0 Å². The molecule has 15 heavy (non-hydrogen) atoms. The molecule has 0 saturated heterocycles. The summed E-state index contributed by atoms with van der Waals surface area (Å²) in [6.45, 7) is 0. The van der Waals surface area contributed by atoms with Gasteiger partial charge in [-0.05, 0) is 30.2 Å². The molecule has 1 aromatic heterocycles. The summed E-state index contributed by atoms with van der Waals surface area (Å²) in [5, 5.41) is 4.56. The van der Waals surface area contributed by atoms with Gasteiger partial charge in [0.05, 0.1) is 4.99 Å². The van der Waals surface area contributed by atoms with E-state index in [4.69, 9.17) is 12.2 Å². The second-order valence-electron chi connectivity index (χ2n) is 4.04. The molecule has 0 saturated carbocycles. The Bertz CT molecular complexity index is 554. The van der Waals surface area contributed by atoms with Gasteiger partial charge < -0.3 is 9.88 Å². The van der Waals surface area contributed by atoms with E-state index in [0.717, 1.165) is 17.8 Å². The number of rotatable bonds is 0. The molecule has 0 spiro atoms. The quantitative estimate of drug-likeness (QED) is 0.682. The second-order valence-corrected chi connectivity index (χ2v) is 4.54. The lowest BCUT2D eigenvalue weighted by Crippen LogP contribution is -2.16. The summed E-state index contributed by atoms with van der Waals surface area (Å²) in [6.07, 6.45) is 4.12. The number of fused-ring (bicyclic) bond motifs is 2. The van der Waals surface area contributed by atoms with Crippen LogP contribution in [0.2, 0.25) is 0 Å². The fourth-order valence-corrected chi connectivity index (χ4v) is 2.36. The van der Waals surface area contributed by atoms with Crippen molar-refractivity contribution in [3.63, 3.8) is 0 Å². The molecular formula is C12H12N2S. The molecule has 0 aliphatic carbocycles. The molecule has 2 nitrogen and oxygen atoms in total. The minimum atomic E-state index is 0.956. The van der Waals surface area contributed by atoms with Crippen molar-refractivity contribution in [2.45, 2.75) is 12.8 Å². The number of nitrogens with zero attached hydrogens (tertiary/aromatic N) is 1. The predicted octanol–water partition coefficient (Wildman–Crippen LogP) is 2.86. The van der Waals surface area contributed by atoms with Gasteiger partial charge in [-0.1, -0.05) is 12.2 Å². The van der Waals surface area contributed by atoms with Crippen molar-refractivity contribution < 1.29 is 0 Å². The molecule has 0 fully saturated rings. The van der Waals surface area contributed by atoms with Crippen LogP contribution in [0.4, 0.5) is 5.69 Å². The van der Waals surface area contributed by atoms with Crippen LogP contribution in [0, 0.1) is 0 Å². The number of nitrogens with one attached hydrogen (secondary N) is 1. The van der Waals surface area contributed by atoms with Crippen molar-refractivity contribution in [3.8, 4) is 0 Å². The predicted molar refractivity (Wildman–Crippen MR) is 67.5 cm³/mol. The number of benzene rings is 1. The highest BCUT2D eigenvalue weighted by Crippen LogP contribution is 2.28. The Morgan fingerprint density at radius 3 is 3.07 bits per heavy atom. The first-order valence-corrected chi connectivity index (χ1v) is 5.53. The molecule has 0 radical (unpaired) electrons. The number of aromatic nitrogens is 1. The standard InChI is InChI=1S/C12H12N2S/c1-14-5-4-9-6-10-8(7-11(9)14)2-3-12(15)13-10/h4-7H,2-3H2,1H3,(H,13,15). The molecule has 0 bridgehead atoms. The summed E-state index contributed by atoms with van der Waals surface area (Å²) in [4.78, 5) is 0.956. The third-order valence-corrected chi connectivity index (χ3v) is 3.31. The van der Waals surface area contributed by atoms with E-state index in [1.807, 2.05) is 0 Å². The molecule has 2 heterocycles. The van der Waals surface area contributed by atoms with Crippen molar-refractivity contribution in [3.05, 3.63) is 30.0 Å². The Morgan fingerprint density at radius 2 is 2.20 bits per heavy atom. The maximum Gasteiger partial charge on any atom is 0.0800 e. The van der Waals surface area contributed by atoms with Crippen molar-refractivity contribution in [2.75, 3.05) is 5.32 Å². The Morgan fingerprint density at radius 1 is 1.33 bits per heavy atom. The van der Waals surface area contributed by atoms with Crippen molar-refractivity contribution in [2.24, 2.45) is 7.05 Å². The SMILES string of the molecule is Cn1ccc2cc3c(cc21)CCC(=S)N3. The lowest BCUT2D eigenvalue weighted by atomic mass is 10.0. The van der Waals surface area contributed by atoms with Gasteiger partial charge in [-0.15, -0.1) is 0 Å². The van der Waals surface area contributed by atoms with Gasteiger partial charge in [0.1, 0.15) is 0 Å². The lowest BCUT2D eigenvalue weighted by molar-refractivity contribution is 0.963. The number of hydrogen-bond acceptors (Lipinski definition) is 1. The van der Waals surface area contributed by atoms with Crippen LogP contribution >= 0.6 is 12.2 Å². The Hall–Kier alpha value is -1.35. The largest absolute Gasteiger partial charge is 0.351 e. The first-order valence-electron chi connectivity index (χ1n) is 5.12. The van der Waals surface area contributed by atoms with E-state index in [-0.39, 0.29) is 0 Å². The number of thiocarbonyl (C=S) groups is 1. The fourth-order valence-electron chi connectivity index (χ4n) is 2.14. The van der Waals surface area contributed by atoms with E-state index in [2.05, 4.69) is 41.3 Å². The van der Waals surface area contributed by atoms with Crippen LogP contribution in [0.5, 0.6) is 0 Å². The van der Waals surface area contributed by atoms with Gasteiger partial charge in [0, 0.05) is 36.3 Å². The van der Waals surface area contributed by atoms with Gasteiger partial charge in [-0.3, -0.25) is 0 Å². The zero-order valence-corrected chi connectivity index (χ0v) is 9.40. The van der Waals surface area contributed by atoms with Gasteiger partial charge in [0.25, 0.3) is 0 Å². The van der Waals surface area contributed by atoms with Crippen LogP contribution in [-0.4, -0.2) is 9.56 Å². The van der Waals surface area contributed by atoms with Crippen LogP contribution in [-0.2, 0) is 13.5 Å². The van der Waals surface area contributed by atoms with Crippen LogP contribution in [0.15, 0.2) is 24.4 Å². The highest BCUT2D eigenvalue weighted by Gasteiger charge is 2.13. The van der Waals surface area contributed by atoms with Gasteiger partial charge in [-0.25, -0.2) is 0 Å². The van der Waals surface area contributed by atoms with Crippen LogP contribution in [0.3, 0.4) is 0 Å². The third kappa shape index (κ3) is 1.35. The Balaban J connectivity index is 2.25. The normalized spacial score (nSPS) is 15.1. The van der Waals surface area contributed by atoms with E-state index in [9.17, 15) is 0 Å². The maximum absolute atomic E-state index is 5.19. The van der Waals surface area contributed by atoms with Crippen LogP contribution in [0.25, 0.3) is 10.9 Å². The first kappa shape index (κ1) is 8.92. The molecule has 2 aromatic rings. The molecule has 3 rings (SSSR count). The molecule has 1 aliphatic heterocycles. The van der Waals surface area contributed by atoms with E-state index in [0.29, 0.717) is 0 Å². The zero-order valence-electron chi connectivity index (χ0n) is 8.58. The second kappa shape index (κ2) is 3.07. The molecule has 1 N–H and O–H groups in total. The molecule has 0 unspecified atom stereocenters. The van der Waals surface area contributed by atoms with Gasteiger partial charge in [0.15, 0.2) is 0 Å². The fraction of sp³-hybridized carbons (Fsp3) is 0.250. The third-order valence-electron chi connectivity index (χ3n) is 3.01. The first-order chi connectivity index (χ1) is 7.24. The van der Waals surface area contributed by atoms with Gasteiger partial charge >= 0.3 is 0 Å². The maximum atomic E-state index is 5.19. The smallest absolute Gasteiger partial charge is 0.0800 e. The summed E-state index contributed by atoms with van der Waals surface area (Å²) < 4.78 is 2.16. The van der Waals surface area contributed by atoms with Crippen LogP contribution < -0.4 is 5.32 Å². The molecule has 0 amide bonds. The number of aryl methyl sites for hydroxylation is 2. The molecule has 3 heteroatoms. The Labute approximate surface area is 93.9 Å². The molecule has 1 aromatic carbocycles. The van der Waals surface area contributed by atoms with Gasteiger partial charge in [0.2, 0.25) is 0 Å². The molecular weight excluding hydrogens is 204 g/mol. The summed E-state index contributed by atoms with van der Waals surface area (Å²) in [5.74, 6) is 0. The van der Waals surface area contributed by atoms with E-state index < -0.39 is 0 Å². The summed E-state index contributed by atoms with van der Waals surface area (Å²) in [6, 6.07) is 6.59. The number of hydrogen-bond donors (Lipinski definition) is 1. The van der Waals surface area contributed by atoms with E-state index in [1.54, 1.807) is 0 Å². The highest BCUT2D eigenvalue weighted by molar-refractivity contribution is 7.80. The zero-order chi connectivity index (χ0) is 10.4. The van der Waals surface area contributed by atoms with Crippen LogP contribution in [0.1, 0.15) is 12.0 Å². The Kier molecular flexibility index (Phi) is 1.83. The van der Waals surface area contributed by atoms with Crippen molar-refractivity contribution in [1.29, 1.82) is 0 Å². The van der Waals surface area contributed by atoms with E-state index in [1.165, 1.54) is 22.2 Å². The minimum Gasteiger partial charge on any atom is -0.351 e. The average Bonchev–Trinajstić information content (AvgIpc) is 2.57. The number of anilines is 1. The highest BCUT2D eigenvalue weighted by atomic mass is 32.1. The van der Waals surface area contributed by atoms with E-state index >= 15 is 0 Å². The average molecular weight is 216 g/mol. The molecule has 76 valence electrons. The summed E-state index contributed by atoms with van der Waals surface area (Å²) in [7, 11) is 2.08. The summed E-state index contributed by atoms with van der Waals surface area (Å²) >= 11 is 5.19. The van der Waals surface area contributed by atoms with Crippen molar-refractivity contribution in [1.82, 2.24) is 4.57 Å². The molecule has 0 atom stereocenters. The topological polar surface area (TPSA) is 17.0 Å². The lowest BCUT2D eigenvalue weighted by Gasteiger charge is -2.19.